The second kappa shape index (κ2) is 6.04. The first-order chi connectivity index (χ1) is 10.6. The van der Waals surface area contributed by atoms with Crippen LogP contribution in [-0.4, -0.2) is 5.78 Å². The van der Waals surface area contributed by atoms with Crippen molar-refractivity contribution >= 4 is 34.2 Å². The molecule has 0 radical (unpaired) electrons. The molecule has 2 aromatic carbocycles. The number of anilines is 1. The number of nitrogen functional groups attached to an aromatic ring is 1. The Hall–Kier alpha value is -2.58. The van der Waals surface area contributed by atoms with Crippen LogP contribution in [0.25, 0.3) is 11.1 Å². The van der Waals surface area contributed by atoms with E-state index in [4.69, 9.17) is 17.3 Å². The van der Waals surface area contributed by atoms with E-state index in [1.165, 1.54) is 0 Å². The number of halogens is 1. The third-order valence-corrected chi connectivity index (χ3v) is 3.79. The Bertz CT molecular complexity index is 814. The molecule has 2 aromatic rings. The minimum absolute atomic E-state index is 0.0121. The van der Waals surface area contributed by atoms with Gasteiger partial charge in [0.15, 0.2) is 5.78 Å². The Labute approximate surface area is 134 Å². The van der Waals surface area contributed by atoms with Crippen LogP contribution in [0.2, 0.25) is 0 Å². The summed E-state index contributed by atoms with van der Waals surface area (Å²) in [5.41, 5.74) is 9.40. The first-order valence-electron chi connectivity index (χ1n) is 6.90. The van der Waals surface area contributed by atoms with Gasteiger partial charge in [-0.3, -0.25) is 4.79 Å². The zero-order valence-electron chi connectivity index (χ0n) is 11.8. The summed E-state index contributed by atoms with van der Waals surface area (Å²) in [5, 5.41) is 0.585. The number of hydrogen-bond acceptors (Lipinski definition) is 2. The van der Waals surface area contributed by atoms with E-state index < -0.39 is 0 Å². The fourth-order valence-electron chi connectivity index (χ4n) is 2.32. The highest BCUT2D eigenvalue weighted by Crippen LogP contribution is 2.31. The predicted octanol–water partition coefficient (Wildman–Crippen LogP) is 4.68. The first kappa shape index (κ1) is 14.4. The van der Waals surface area contributed by atoms with Crippen molar-refractivity contribution in [2.45, 2.75) is 0 Å². The second-order valence-electron chi connectivity index (χ2n) is 5.01. The molecule has 0 atom stereocenters. The van der Waals surface area contributed by atoms with Gasteiger partial charge in [-0.15, -0.1) is 0 Å². The molecule has 1 aliphatic rings. The molecule has 0 bridgehead atoms. The van der Waals surface area contributed by atoms with Crippen molar-refractivity contribution in [2.75, 3.05) is 5.73 Å². The average Bonchev–Trinajstić information content (AvgIpc) is 2.54. The number of fused-ring (bicyclic) bond motifs is 1. The molecule has 0 unspecified atom stereocenters. The summed E-state index contributed by atoms with van der Waals surface area (Å²) in [6, 6.07) is 14.9. The van der Waals surface area contributed by atoms with E-state index >= 15 is 0 Å². The van der Waals surface area contributed by atoms with Crippen molar-refractivity contribution < 1.29 is 4.79 Å². The van der Waals surface area contributed by atoms with Gasteiger partial charge in [-0.25, -0.2) is 0 Å². The van der Waals surface area contributed by atoms with Crippen LogP contribution in [0.4, 0.5) is 5.69 Å². The van der Waals surface area contributed by atoms with E-state index in [1.807, 2.05) is 54.6 Å². The van der Waals surface area contributed by atoms with E-state index in [-0.39, 0.29) is 5.78 Å². The molecule has 2 N–H and O–H groups in total. The number of carbonyl (C=O) groups is 1. The molecule has 3 rings (SSSR count). The molecule has 108 valence electrons. The summed E-state index contributed by atoms with van der Waals surface area (Å²) in [5.74, 6) is -0.0121. The Morgan fingerprint density at radius 3 is 2.36 bits per heavy atom. The van der Waals surface area contributed by atoms with Crippen molar-refractivity contribution in [3.63, 3.8) is 0 Å². The van der Waals surface area contributed by atoms with Gasteiger partial charge >= 0.3 is 0 Å². The summed E-state index contributed by atoms with van der Waals surface area (Å²) >= 11 is 6.25. The van der Waals surface area contributed by atoms with Crippen molar-refractivity contribution in [3.05, 3.63) is 89.0 Å². The number of allylic oxidation sites excluding steroid dienone is 4. The van der Waals surface area contributed by atoms with Crippen LogP contribution in [-0.2, 0) is 0 Å². The quantitative estimate of drug-likeness (QED) is 0.646. The van der Waals surface area contributed by atoms with E-state index in [0.29, 0.717) is 16.2 Å². The minimum Gasteiger partial charge on any atom is -0.399 e. The van der Waals surface area contributed by atoms with Gasteiger partial charge in [-0.05, 0) is 23.8 Å². The topological polar surface area (TPSA) is 43.1 Å². The molecule has 0 saturated heterocycles. The molecule has 0 heterocycles. The molecule has 0 fully saturated rings. The number of rotatable bonds is 2. The van der Waals surface area contributed by atoms with Gasteiger partial charge in [0.05, 0.1) is 0 Å². The van der Waals surface area contributed by atoms with Gasteiger partial charge in [0.2, 0.25) is 0 Å². The zero-order chi connectivity index (χ0) is 15.5. The van der Waals surface area contributed by atoms with Crippen molar-refractivity contribution in [1.82, 2.24) is 0 Å². The molecule has 2 nitrogen and oxygen atoms in total. The van der Waals surface area contributed by atoms with Gasteiger partial charge in [0.1, 0.15) is 0 Å². The number of Topliss-reactive ketones (excluding diaryl/α,β-unsaturated/α-hetero) is 1. The van der Waals surface area contributed by atoms with Gasteiger partial charge in [-0.2, -0.15) is 0 Å². The number of benzene rings is 2. The van der Waals surface area contributed by atoms with E-state index in [0.717, 1.165) is 16.8 Å². The van der Waals surface area contributed by atoms with Crippen LogP contribution in [0.3, 0.4) is 0 Å². The number of ketones is 1. The maximum Gasteiger partial charge on any atom is 0.193 e. The van der Waals surface area contributed by atoms with Crippen molar-refractivity contribution in [3.8, 4) is 0 Å². The highest BCUT2D eigenvalue weighted by Gasteiger charge is 2.20. The maximum absolute atomic E-state index is 12.4. The first-order valence-corrected chi connectivity index (χ1v) is 7.28. The Kier molecular flexibility index (Phi) is 3.94. The molecular formula is C19H14ClNO. The minimum atomic E-state index is -0.0121. The van der Waals surface area contributed by atoms with Crippen molar-refractivity contribution in [1.29, 1.82) is 0 Å². The zero-order valence-corrected chi connectivity index (χ0v) is 12.5. The summed E-state index contributed by atoms with van der Waals surface area (Å²) < 4.78 is 0. The molecule has 0 spiro atoms. The van der Waals surface area contributed by atoms with Crippen LogP contribution in [0.1, 0.15) is 21.5 Å². The molecule has 3 heteroatoms. The lowest BCUT2D eigenvalue weighted by Crippen LogP contribution is -2.09. The van der Waals surface area contributed by atoms with Crippen LogP contribution in [0.5, 0.6) is 0 Å². The third-order valence-electron chi connectivity index (χ3n) is 3.47. The fraction of sp³-hybridized carbons (Fsp3) is 0. The van der Waals surface area contributed by atoms with Crippen molar-refractivity contribution in [2.24, 2.45) is 0 Å². The van der Waals surface area contributed by atoms with Gasteiger partial charge in [0, 0.05) is 27.4 Å². The SMILES string of the molecule is Nc1ccc(/C=C/C=C2/C=C(Cl)c3ccccc3C2=O)cc1. The Morgan fingerprint density at radius 1 is 0.955 bits per heavy atom. The van der Waals surface area contributed by atoms with Crippen LogP contribution in [0, 0.1) is 0 Å². The van der Waals surface area contributed by atoms with Gasteiger partial charge < -0.3 is 5.73 Å². The maximum atomic E-state index is 12.4. The number of nitrogens with two attached hydrogens (primary N) is 1. The second-order valence-corrected chi connectivity index (χ2v) is 5.42. The van der Waals surface area contributed by atoms with Crippen LogP contribution >= 0.6 is 11.6 Å². The van der Waals surface area contributed by atoms with Gasteiger partial charge in [-0.1, -0.05) is 66.2 Å². The normalized spacial score (nSPS) is 16.0. The highest BCUT2D eigenvalue weighted by molar-refractivity contribution is 6.51. The molecule has 0 aromatic heterocycles. The van der Waals surface area contributed by atoms with E-state index in [9.17, 15) is 4.79 Å². The van der Waals surface area contributed by atoms with E-state index in [1.54, 1.807) is 18.2 Å². The molecule has 0 aliphatic heterocycles. The average molecular weight is 308 g/mol. The van der Waals surface area contributed by atoms with E-state index in [2.05, 4.69) is 0 Å². The lowest BCUT2D eigenvalue weighted by atomic mass is 9.92. The van der Waals surface area contributed by atoms with Gasteiger partial charge in [0.25, 0.3) is 0 Å². The highest BCUT2D eigenvalue weighted by atomic mass is 35.5. The molecule has 22 heavy (non-hydrogen) atoms. The Morgan fingerprint density at radius 2 is 1.64 bits per heavy atom. The largest absolute Gasteiger partial charge is 0.399 e. The Balaban J connectivity index is 1.88. The van der Waals surface area contributed by atoms with Crippen LogP contribution < -0.4 is 5.73 Å². The smallest absolute Gasteiger partial charge is 0.193 e. The third kappa shape index (κ3) is 2.87. The molecular weight excluding hydrogens is 294 g/mol. The standard InChI is InChI=1S/C19H14ClNO/c20-18-12-14(19(22)17-7-2-1-6-16(17)18)5-3-4-13-8-10-15(21)11-9-13/h1-12H,21H2/b4-3+,14-5-. The summed E-state index contributed by atoms with van der Waals surface area (Å²) in [7, 11) is 0. The summed E-state index contributed by atoms with van der Waals surface area (Å²) in [6.45, 7) is 0. The number of hydrogen-bond donors (Lipinski definition) is 1. The predicted molar refractivity (Wildman–Crippen MR) is 92.6 cm³/mol. The summed E-state index contributed by atoms with van der Waals surface area (Å²) in [6.07, 6.45) is 7.24. The summed E-state index contributed by atoms with van der Waals surface area (Å²) in [4.78, 5) is 12.4. The monoisotopic (exact) mass is 307 g/mol. The lowest BCUT2D eigenvalue weighted by Gasteiger charge is -2.14. The lowest BCUT2D eigenvalue weighted by molar-refractivity contribution is 0.103. The fourth-order valence-corrected chi connectivity index (χ4v) is 2.60. The molecule has 0 amide bonds. The molecule has 1 aliphatic carbocycles. The molecule has 0 saturated carbocycles. The van der Waals surface area contributed by atoms with Crippen LogP contribution in [0.15, 0.2) is 72.3 Å². The number of carbonyl (C=O) groups excluding carboxylic acids is 1.